The van der Waals surface area contributed by atoms with E-state index in [0.29, 0.717) is 5.75 Å². The molecule has 1 aromatic rings. The van der Waals surface area contributed by atoms with Crippen molar-refractivity contribution < 1.29 is 9.84 Å². The minimum atomic E-state index is 0.0567. The molecule has 0 radical (unpaired) electrons. The van der Waals surface area contributed by atoms with Crippen LogP contribution in [0.2, 0.25) is 0 Å². The maximum absolute atomic E-state index is 9.51. The molecule has 0 aliphatic carbocycles. The Hall–Kier alpha value is -1.44. The molecule has 0 aromatic heterocycles. The molecule has 2 nitrogen and oxygen atoms in total. The molecule has 2 heteroatoms. The van der Waals surface area contributed by atoms with E-state index in [1.54, 1.807) is 12.1 Å². The summed E-state index contributed by atoms with van der Waals surface area (Å²) >= 11 is 0. The van der Waals surface area contributed by atoms with Gasteiger partial charge in [0.15, 0.2) is 11.5 Å². The van der Waals surface area contributed by atoms with Crippen molar-refractivity contribution in [3.63, 3.8) is 0 Å². The highest BCUT2D eigenvalue weighted by Crippen LogP contribution is 2.29. The summed E-state index contributed by atoms with van der Waals surface area (Å²) in [6.07, 6.45) is 0.0567. The highest BCUT2D eigenvalue weighted by molar-refractivity contribution is 5.64. The van der Waals surface area contributed by atoms with Gasteiger partial charge in [-0.2, -0.15) is 0 Å². The SMILES string of the molecule is C=C(C)c1ccc(O)c(OC(C)C)c1. The van der Waals surface area contributed by atoms with Crippen molar-refractivity contribution >= 4 is 5.57 Å². The Balaban J connectivity index is 3.02. The number of rotatable bonds is 3. The lowest BCUT2D eigenvalue weighted by Gasteiger charge is -2.12. The van der Waals surface area contributed by atoms with Crippen LogP contribution in [0.3, 0.4) is 0 Å². The fourth-order valence-corrected chi connectivity index (χ4v) is 1.13. The number of hydrogen-bond donors (Lipinski definition) is 1. The molecule has 0 saturated heterocycles. The molecule has 0 spiro atoms. The van der Waals surface area contributed by atoms with Gasteiger partial charge in [-0.1, -0.05) is 18.2 Å². The summed E-state index contributed by atoms with van der Waals surface area (Å²) in [5.74, 6) is 0.684. The summed E-state index contributed by atoms with van der Waals surface area (Å²) in [4.78, 5) is 0. The third-order valence-corrected chi connectivity index (χ3v) is 1.82. The van der Waals surface area contributed by atoms with Gasteiger partial charge in [-0.15, -0.1) is 0 Å². The first-order valence-electron chi connectivity index (χ1n) is 4.66. The summed E-state index contributed by atoms with van der Waals surface area (Å²) in [7, 11) is 0. The molecule has 1 rings (SSSR count). The molecule has 1 aromatic carbocycles. The van der Waals surface area contributed by atoms with Crippen LogP contribution in [0.5, 0.6) is 11.5 Å². The maximum Gasteiger partial charge on any atom is 0.161 e. The van der Waals surface area contributed by atoms with E-state index in [-0.39, 0.29) is 11.9 Å². The molecule has 0 unspecified atom stereocenters. The molecule has 0 aliphatic heterocycles. The van der Waals surface area contributed by atoms with Crippen LogP contribution < -0.4 is 4.74 Å². The molecule has 14 heavy (non-hydrogen) atoms. The number of benzene rings is 1. The summed E-state index contributed by atoms with van der Waals surface area (Å²) in [5, 5.41) is 9.51. The van der Waals surface area contributed by atoms with E-state index in [9.17, 15) is 5.11 Å². The summed E-state index contributed by atoms with van der Waals surface area (Å²) in [5.41, 5.74) is 1.94. The fraction of sp³-hybridized carbons (Fsp3) is 0.333. The van der Waals surface area contributed by atoms with Gasteiger partial charge in [-0.25, -0.2) is 0 Å². The summed E-state index contributed by atoms with van der Waals surface area (Å²) in [6, 6.07) is 5.25. The van der Waals surface area contributed by atoms with Crippen molar-refractivity contribution in [3.8, 4) is 11.5 Å². The van der Waals surface area contributed by atoms with Crippen LogP contribution in [-0.4, -0.2) is 11.2 Å². The Morgan fingerprint density at radius 2 is 2.07 bits per heavy atom. The lowest BCUT2D eigenvalue weighted by atomic mass is 10.1. The first-order chi connectivity index (χ1) is 6.50. The molecule has 1 N–H and O–H groups in total. The van der Waals surface area contributed by atoms with Gasteiger partial charge in [-0.3, -0.25) is 0 Å². The van der Waals surface area contributed by atoms with Gasteiger partial charge < -0.3 is 9.84 Å². The topological polar surface area (TPSA) is 29.5 Å². The molecule has 0 saturated carbocycles. The zero-order valence-corrected chi connectivity index (χ0v) is 8.87. The first-order valence-corrected chi connectivity index (χ1v) is 4.66. The van der Waals surface area contributed by atoms with E-state index in [2.05, 4.69) is 6.58 Å². The van der Waals surface area contributed by atoms with Gasteiger partial charge in [0.2, 0.25) is 0 Å². The Morgan fingerprint density at radius 1 is 1.43 bits per heavy atom. The smallest absolute Gasteiger partial charge is 0.161 e. The Kier molecular flexibility index (Phi) is 3.18. The van der Waals surface area contributed by atoms with E-state index in [0.717, 1.165) is 11.1 Å². The number of phenols is 1. The maximum atomic E-state index is 9.51. The van der Waals surface area contributed by atoms with Crippen molar-refractivity contribution in [2.75, 3.05) is 0 Å². The van der Waals surface area contributed by atoms with Crippen LogP contribution in [0, 0.1) is 0 Å². The van der Waals surface area contributed by atoms with Gasteiger partial charge in [0.1, 0.15) is 0 Å². The molecule has 0 fully saturated rings. The largest absolute Gasteiger partial charge is 0.504 e. The standard InChI is InChI=1S/C12H16O2/c1-8(2)10-5-6-11(13)12(7-10)14-9(3)4/h5-7,9,13H,1H2,2-4H3. The van der Waals surface area contributed by atoms with Crippen molar-refractivity contribution in [2.45, 2.75) is 26.9 Å². The van der Waals surface area contributed by atoms with Crippen molar-refractivity contribution in [3.05, 3.63) is 30.3 Å². The van der Waals surface area contributed by atoms with Gasteiger partial charge in [0.25, 0.3) is 0 Å². The fourth-order valence-electron chi connectivity index (χ4n) is 1.13. The monoisotopic (exact) mass is 192 g/mol. The third-order valence-electron chi connectivity index (χ3n) is 1.82. The van der Waals surface area contributed by atoms with E-state index in [4.69, 9.17) is 4.74 Å². The van der Waals surface area contributed by atoms with Crippen molar-refractivity contribution in [1.82, 2.24) is 0 Å². The van der Waals surface area contributed by atoms with Crippen LogP contribution in [0.4, 0.5) is 0 Å². The van der Waals surface area contributed by atoms with Crippen LogP contribution in [0.25, 0.3) is 5.57 Å². The van der Waals surface area contributed by atoms with Crippen LogP contribution in [-0.2, 0) is 0 Å². The second-order valence-corrected chi connectivity index (χ2v) is 3.63. The van der Waals surface area contributed by atoms with Crippen molar-refractivity contribution in [2.24, 2.45) is 0 Å². The molecule has 0 amide bonds. The molecule has 76 valence electrons. The van der Waals surface area contributed by atoms with Crippen LogP contribution >= 0.6 is 0 Å². The molecule has 0 bridgehead atoms. The highest BCUT2D eigenvalue weighted by Gasteiger charge is 2.05. The first kappa shape index (κ1) is 10.6. The third kappa shape index (κ3) is 2.52. The lowest BCUT2D eigenvalue weighted by molar-refractivity contribution is 0.232. The zero-order chi connectivity index (χ0) is 10.7. The van der Waals surface area contributed by atoms with E-state index >= 15 is 0 Å². The number of phenolic OH excluding ortho intramolecular Hbond substituents is 1. The number of ether oxygens (including phenoxy) is 1. The predicted octanol–water partition coefficient (Wildman–Crippen LogP) is 3.21. The Bertz CT molecular complexity index is 340. The highest BCUT2D eigenvalue weighted by atomic mass is 16.5. The minimum absolute atomic E-state index is 0.0567. The van der Waals surface area contributed by atoms with Gasteiger partial charge in [-0.05, 0) is 38.5 Å². The van der Waals surface area contributed by atoms with E-state index < -0.39 is 0 Å². The molecule has 0 aliphatic rings. The quantitative estimate of drug-likeness (QED) is 0.796. The van der Waals surface area contributed by atoms with Crippen LogP contribution in [0.1, 0.15) is 26.3 Å². The Labute approximate surface area is 84.8 Å². The van der Waals surface area contributed by atoms with Gasteiger partial charge in [0, 0.05) is 0 Å². The van der Waals surface area contributed by atoms with Gasteiger partial charge >= 0.3 is 0 Å². The summed E-state index contributed by atoms with van der Waals surface area (Å²) < 4.78 is 5.44. The lowest BCUT2D eigenvalue weighted by Crippen LogP contribution is -2.05. The second kappa shape index (κ2) is 4.18. The second-order valence-electron chi connectivity index (χ2n) is 3.63. The van der Waals surface area contributed by atoms with Crippen molar-refractivity contribution in [1.29, 1.82) is 0 Å². The van der Waals surface area contributed by atoms with Gasteiger partial charge in [0.05, 0.1) is 6.10 Å². The van der Waals surface area contributed by atoms with Crippen LogP contribution in [0.15, 0.2) is 24.8 Å². The molecule has 0 heterocycles. The van der Waals surface area contributed by atoms with E-state index in [1.807, 2.05) is 26.8 Å². The molecule has 0 atom stereocenters. The average Bonchev–Trinajstić information content (AvgIpc) is 2.07. The zero-order valence-electron chi connectivity index (χ0n) is 8.87. The molecular weight excluding hydrogens is 176 g/mol. The molecular formula is C12H16O2. The summed E-state index contributed by atoms with van der Waals surface area (Å²) in [6.45, 7) is 9.61. The normalized spacial score (nSPS) is 10.3. The predicted molar refractivity (Wildman–Crippen MR) is 58.6 cm³/mol. The van der Waals surface area contributed by atoms with E-state index in [1.165, 1.54) is 0 Å². The number of hydrogen-bond acceptors (Lipinski definition) is 2. The Morgan fingerprint density at radius 3 is 2.57 bits per heavy atom. The average molecular weight is 192 g/mol. The number of aromatic hydroxyl groups is 1. The number of allylic oxidation sites excluding steroid dienone is 1. The minimum Gasteiger partial charge on any atom is -0.504 e.